The van der Waals surface area contributed by atoms with Crippen molar-refractivity contribution in [2.45, 2.75) is 0 Å². The van der Waals surface area contributed by atoms with Gasteiger partial charge in [-0.05, 0) is 12.1 Å². The molecule has 0 saturated heterocycles. The van der Waals surface area contributed by atoms with E-state index in [0.29, 0.717) is 5.00 Å². The zero-order valence-corrected chi connectivity index (χ0v) is 14.0. The summed E-state index contributed by atoms with van der Waals surface area (Å²) < 4.78 is 5.18. The van der Waals surface area contributed by atoms with Crippen molar-refractivity contribution in [1.29, 1.82) is 0 Å². The minimum absolute atomic E-state index is 0.272. The van der Waals surface area contributed by atoms with E-state index in [1.54, 1.807) is 12.1 Å². The predicted octanol–water partition coefficient (Wildman–Crippen LogP) is 5.32. The van der Waals surface area contributed by atoms with Gasteiger partial charge in [-0.25, -0.2) is 4.98 Å². The van der Waals surface area contributed by atoms with Crippen molar-refractivity contribution in [3.63, 3.8) is 0 Å². The fraction of sp³-hybridized carbons (Fsp3) is 0. The Labute approximate surface area is 148 Å². The Balaban J connectivity index is 1.76. The van der Waals surface area contributed by atoms with Gasteiger partial charge in [0.15, 0.2) is 5.76 Å². The van der Waals surface area contributed by atoms with Crippen LogP contribution in [-0.4, -0.2) is 10.9 Å². The average Bonchev–Trinajstić information content (AvgIpc) is 3.33. The number of thiazole rings is 1. The topological polar surface area (TPSA) is 55.1 Å². The summed E-state index contributed by atoms with van der Waals surface area (Å²) in [6.07, 6.45) is 1.48. The first-order valence-corrected chi connectivity index (χ1v) is 8.59. The van der Waals surface area contributed by atoms with Crippen LogP contribution in [0.1, 0.15) is 10.6 Å². The predicted molar refractivity (Wildman–Crippen MR) is 99.6 cm³/mol. The molecule has 25 heavy (non-hydrogen) atoms. The summed E-state index contributed by atoms with van der Waals surface area (Å²) >= 11 is 1.45. The van der Waals surface area contributed by atoms with Crippen molar-refractivity contribution in [1.82, 2.24) is 4.98 Å². The minimum Gasteiger partial charge on any atom is -0.459 e. The number of carbonyl (C=O) groups is 1. The van der Waals surface area contributed by atoms with E-state index in [-0.39, 0.29) is 11.7 Å². The van der Waals surface area contributed by atoms with Crippen LogP contribution in [0.2, 0.25) is 0 Å². The van der Waals surface area contributed by atoms with Gasteiger partial charge < -0.3 is 9.73 Å². The number of amides is 1. The second-order valence-corrected chi connectivity index (χ2v) is 6.36. The van der Waals surface area contributed by atoms with Gasteiger partial charge in [-0.3, -0.25) is 4.79 Å². The summed E-state index contributed by atoms with van der Waals surface area (Å²) in [6, 6.07) is 23.1. The van der Waals surface area contributed by atoms with Crippen LogP contribution in [0.3, 0.4) is 0 Å². The Kier molecular flexibility index (Phi) is 4.14. The third kappa shape index (κ3) is 3.22. The number of furan rings is 1. The Hall–Kier alpha value is -3.18. The van der Waals surface area contributed by atoms with E-state index in [4.69, 9.17) is 9.40 Å². The highest BCUT2D eigenvalue weighted by Crippen LogP contribution is 2.38. The van der Waals surface area contributed by atoms with E-state index < -0.39 is 0 Å². The molecule has 2 aromatic carbocycles. The third-order valence-electron chi connectivity index (χ3n) is 3.67. The Bertz CT molecular complexity index is 977. The van der Waals surface area contributed by atoms with Gasteiger partial charge in [-0.2, -0.15) is 0 Å². The van der Waals surface area contributed by atoms with Crippen LogP contribution in [-0.2, 0) is 0 Å². The van der Waals surface area contributed by atoms with E-state index in [9.17, 15) is 4.79 Å². The fourth-order valence-electron chi connectivity index (χ4n) is 2.47. The molecule has 4 aromatic rings. The molecule has 0 unspecified atom stereocenters. The summed E-state index contributed by atoms with van der Waals surface area (Å²) in [5.74, 6) is -0.0147. The Morgan fingerprint density at radius 1 is 0.880 bits per heavy atom. The highest BCUT2D eigenvalue weighted by Gasteiger charge is 2.18. The van der Waals surface area contributed by atoms with Gasteiger partial charge in [-0.15, -0.1) is 0 Å². The summed E-state index contributed by atoms with van der Waals surface area (Å²) in [6.45, 7) is 0. The lowest BCUT2D eigenvalue weighted by Gasteiger charge is -2.03. The number of carbonyl (C=O) groups excluding carboxylic acids is 1. The van der Waals surface area contributed by atoms with Gasteiger partial charge in [0.1, 0.15) is 15.7 Å². The van der Waals surface area contributed by atoms with Gasteiger partial charge in [0.2, 0.25) is 0 Å². The van der Waals surface area contributed by atoms with Gasteiger partial charge in [-0.1, -0.05) is 72.0 Å². The van der Waals surface area contributed by atoms with Crippen molar-refractivity contribution in [2.24, 2.45) is 0 Å². The normalized spacial score (nSPS) is 10.6. The summed E-state index contributed by atoms with van der Waals surface area (Å²) in [5, 5.41) is 4.48. The van der Waals surface area contributed by atoms with Crippen LogP contribution in [0.15, 0.2) is 83.5 Å². The standard InChI is InChI=1S/C20H14N2O2S/c23-18(16-12-7-13-24-16)22-20-17(14-8-3-1-4-9-14)21-19(25-20)15-10-5-2-6-11-15/h1-13H,(H,22,23). The maximum absolute atomic E-state index is 12.4. The van der Waals surface area contributed by atoms with Gasteiger partial charge >= 0.3 is 0 Å². The lowest BCUT2D eigenvalue weighted by atomic mass is 10.1. The monoisotopic (exact) mass is 346 g/mol. The smallest absolute Gasteiger partial charge is 0.292 e. The van der Waals surface area contributed by atoms with Crippen molar-refractivity contribution in [2.75, 3.05) is 5.32 Å². The highest BCUT2D eigenvalue weighted by molar-refractivity contribution is 7.19. The molecule has 1 amide bonds. The minimum atomic E-state index is -0.287. The van der Waals surface area contributed by atoms with E-state index in [0.717, 1.165) is 21.8 Å². The molecular weight excluding hydrogens is 332 g/mol. The molecule has 4 rings (SSSR count). The molecule has 2 heterocycles. The number of nitrogens with zero attached hydrogens (tertiary/aromatic N) is 1. The number of benzene rings is 2. The molecule has 0 aliphatic carbocycles. The number of anilines is 1. The number of nitrogens with one attached hydrogen (secondary N) is 1. The zero-order valence-electron chi connectivity index (χ0n) is 13.2. The fourth-order valence-corrected chi connectivity index (χ4v) is 3.46. The maximum Gasteiger partial charge on any atom is 0.292 e. The maximum atomic E-state index is 12.4. The number of hydrogen-bond acceptors (Lipinski definition) is 4. The molecule has 0 radical (unpaired) electrons. The molecule has 0 spiro atoms. The first kappa shape index (κ1) is 15.4. The second kappa shape index (κ2) is 6.75. The van der Waals surface area contributed by atoms with Crippen LogP contribution in [0.5, 0.6) is 0 Å². The van der Waals surface area contributed by atoms with Crippen LogP contribution < -0.4 is 5.32 Å². The summed E-state index contributed by atoms with van der Waals surface area (Å²) in [5.41, 5.74) is 2.73. The molecular formula is C20H14N2O2S. The molecule has 0 bridgehead atoms. The summed E-state index contributed by atoms with van der Waals surface area (Å²) in [7, 11) is 0. The molecule has 5 heteroatoms. The lowest BCUT2D eigenvalue weighted by molar-refractivity contribution is 0.0997. The van der Waals surface area contributed by atoms with Crippen LogP contribution >= 0.6 is 11.3 Å². The number of rotatable bonds is 4. The van der Waals surface area contributed by atoms with Crippen molar-refractivity contribution in [3.8, 4) is 21.8 Å². The molecule has 2 aromatic heterocycles. The SMILES string of the molecule is O=C(Nc1sc(-c2ccccc2)nc1-c1ccccc1)c1ccco1. The van der Waals surface area contributed by atoms with Crippen LogP contribution in [0.25, 0.3) is 21.8 Å². The highest BCUT2D eigenvalue weighted by atomic mass is 32.1. The van der Waals surface area contributed by atoms with Crippen molar-refractivity contribution < 1.29 is 9.21 Å². The Morgan fingerprint density at radius 2 is 1.56 bits per heavy atom. The molecule has 0 aliphatic heterocycles. The Morgan fingerprint density at radius 3 is 2.20 bits per heavy atom. The largest absolute Gasteiger partial charge is 0.459 e. The molecule has 0 aliphatic rings. The lowest BCUT2D eigenvalue weighted by Crippen LogP contribution is -2.10. The van der Waals surface area contributed by atoms with E-state index >= 15 is 0 Å². The van der Waals surface area contributed by atoms with E-state index in [1.165, 1.54) is 17.6 Å². The molecule has 1 N–H and O–H groups in total. The molecule has 4 nitrogen and oxygen atoms in total. The summed E-state index contributed by atoms with van der Waals surface area (Å²) in [4.78, 5) is 17.1. The van der Waals surface area contributed by atoms with Crippen molar-refractivity contribution >= 4 is 22.2 Å². The van der Waals surface area contributed by atoms with Gasteiger partial charge in [0.05, 0.1) is 6.26 Å². The van der Waals surface area contributed by atoms with Crippen molar-refractivity contribution in [3.05, 3.63) is 84.8 Å². The zero-order chi connectivity index (χ0) is 17.1. The van der Waals surface area contributed by atoms with E-state index in [2.05, 4.69) is 5.32 Å². The first-order valence-electron chi connectivity index (χ1n) is 7.78. The molecule has 122 valence electrons. The quantitative estimate of drug-likeness (QED) is 0.544. The number of aromatic nitrogens is 1. The first-order chi connectivity index (χ1) is 12.3. The van der Waals surface area contributed by atoms with E-state index in [1.807, 2.05) is 60.7 Å². The van der Waals surface area contributed by atoms with Gasteiger partial charge in [0, 0.05) is 11.1 Å². The van der Waals surface area contributed by atoms with Gasteiger partial charge in [0.25, 0.3) is 5.91 Å². The molecule has 0 fully saturated rings. The molecule has 0 saturated carbocycles. The molecule has 0 atom stereocenters. The average molecular weight is 346 g/mol. The second-order valence-electron chi connectivity index (χ2n) is 5.36. The van der Waals surface area contributed by atoms with Crippen LogP contribution in [0.4, 0.5) is 5.00 Å². The number of hydrogen-bond donors (Lipinski definition) is 1. The van der Waals surface area contributed by atoms with Crippen LogP contribution in [0, 0.1) is 0 Å². The third-order valence-corrected chi connectivity index (χ3v) is 4.69.